The van der Waals surface area contributed by atoms with Crippen LogP contribution in [0.1, 0.15) is 12.0 Å². The zero-order chi connectivity index (χ0) is 15.0. The molecule has 8 heteroatoms. The summed E-state index contributed by atoms with van der Waals surface area (Å²) in [4.78, 5) is 20.3. The maximum Gasteiger partial charge on any atom is 0.307 e. The van der Waals surface area contributed by atoms with Gasteiger partial charge < -0.3 is 9.88 Å². The first-order valence-electron chi connectivity index (χ1n) is 6.57. The Bertz CT molecular complexity index is 787. The van der Waals surface area contributed by atoms with Crippen molar-refractivity contribution in [2.45, 2.75) is 18.1 Å². The van der Waals surface area contributed by atoms with Gasteiger partial charge in [0.05, 0.1) is 0 Å². The summed E-state index contributed by atoms with van der Waals surface area (Å²) in [6.45, 7) is 0.292. The van der Waals surface area contributed by atoms with E-state index in [0.29, 0.717) is 13.0 Å². The molecule has 0 bridgehead atoms. The first kappa shape index (κ1) is 14.0. The van der Waals surface area contributed by atoms with E-state index in [1.54, 1.807) is 12.4 Å². The van der Waals surface area contributed by atoms with E-state index in [-0.39, 0.29) is 18.9 Å². The number of halogens is 1. The molecular weight excluding hydrogens is 297 g/mol. The van der Waals surface area contributed by atoms with Gasteiger partial charge >= 0.3 is 10.2 Å². The maximum atomic E-state index is 12.9. The van der Waals surface area contributed by atoms with Crippen LogP contribution >= 0.6 is 0 Å². The molecule has 0 aliphatic carbocycles. The van der Waals surface area contributed by atoms with Gasteiger partial charge in [0.2, 0.25) is 5.91 Å². The van der Waals surface area contributed by atoms with Crippen LogP contribution in [0.25, 0.3) is 11.0 Å². The molecule has 112 valence electrons. The Balaban J connectivity index is 1.66. The second kappa shape index (κ2) is 5.10. The molecule has 0 aromatic carbocycles. The van der Waals surface area contributed by atoms with Gasteiger partial charge in [-0.05, 0) is 24.1 Å². The zero-order valence-corrected chi connectivity index (χ0v) is 11.9. The highest BCUT2D eigenvalue weighted by Gasteiger charge is 2.37. The Morgan fingerprint density at radius 1 is 1.48 bits per heavy atom. The van der Waals surface area contributed by atoms with E-state index in [1.807, 2.05) is 12.1 Å². The molecule has 2 aromatic heterocycles. The van der Waals surface area contributed by atoms with Gasteiger partial charge in [-0.15, -0.1) is 3.89 Å². The van der Waals surface area contributed by atoms with Crippen molar-refractivity contribution in [3.8, 4) is 0 Å². The Morgan fingerprint density at radius 3 is 3.00 bits per heavy atom. The molecule has 1 fully saturated rings. The van der Waals surface area contributed by atoms with Crippen LogP contribution in [0.4, 0.5) is 3.89 Å². The van der Waals surface area contributed by atoms with Crippen LogP contribution in [-0.4, -0.2) is 47.5 Å². The number of rotatable bonds is 4. The third kappa shape index (κ3) is 2.90. The molecule has 1 N–H and O–H groups in total. The summed E-state index contributed by atoms with van der Waals surface area (Å²) in [7, 11) is -4.65. The number of likely N-dealkylation sites (tertiary alicyclic amines) is 1. The van der Waals surface area contributed by atoms with Crippen LogP contribution in [0.15, 0.2) is 24.5 Å². The molecule has 1 saturated heterocycles. The quantitative estimate of drug-likeness (QED) is 0.854. The third-order valence-corrected chi connectivity index (χ3v) is 4.82. The highest BCUT2D eigenvalue weighted by molar-refractivity contribution is 7.87. The van der Waals surface area contributed by atoms with Crippen molar-refractivity contribution in [1.29, 1.82) is 0 Å². The van der Waals surface area contributed by atoms with Crippen molar-refractivity contribution in [2.24, 2.45) is 0 Å². The highest BCUT2D eigenvalue weighted by atomic mass is 32.3. The third-order valence-electron chi connectivity index (χ3n) is 3.70. The number of H-pyrrole nitrogens is 1. The molecular formula is C13H14FN3O3S. The summed E-state index contributed by atoms with van der Waals surface area (Å²) in [5.74, 6) is -0.322. The fourth-order valence-electron chi connectivity index (χ4n) is 2.53. The monoisotopic (exact) mass is 311 g/mol. The number of hydrogen-bond acceptors (Lipinski definition) is 4. The Hall–Kier alpha value is -1.96. The number of nitrogens with zero attached hydrogens (tertiary/aromatic N) is 2. The maximum absolute atomic E-state index is 12.9. The molecule has 6 nitrogen and oxygen atoms in total. The van der Waals surface area contributed by atoms with E-state index in [0.717, 1.165) is 16.6 Å². The topological polar surface area (TPSA) is 83.1 Å². The summed E-state index contributed by atoms with van der Waals surface area (Å²) in [6.07, 6.45) is 3.79. The van der Waals surface area contributed by atoms with Crippen molar-refractivity contribution in [2.75, 3.05) is 13.1 Å². The first-order chi connectivity index (χ1) is 9.93. The number of fused-ring (bicyclic) bond motifs is 1. The standard InChI is InChI=1S/C13H14FN3O3S/c14-21(19,20)11-6-12(18)17(8-11)4-2-9-5-10-1-3-15-13(10)16-7-9/h1,3,5,7,11H,2,4,6,8H2,(H,15,16). The van der Waals surface area contributed by atoms with Gasteiger partial charge in [0.15, 0.2) is 0 Å². The molecule has 3 heterocycles. The van der Waals surface area contributed by atoms with Crippen molar-refractivity contribution in [3.63, 3.8) is 0 Å². The lowest BCUT2D eigenvalue weighted by molar-refractivity contribution is -0.127. The molecule has 3 rings (SSSR count). The summed E-state index contributed by atoms with van der Waals surface area (Å²) in [5.41, 5.74) is 1.74. The van der Waals surface area contributed by atoms with E-state index in [9.17, 15) is 17.1 Å². The summed E-state index contributed by atoms with van der Waals surface area (Å²) >= 11 is 0. The number of nitrogens with one attached hydrogen (secondary N) is 1. The fourth-order valence-corrected chi connectivity index (χ4v) is 3.23. The molecule has 0 saturated carbocycles. The van der Waals surface area contributed by atoms with Gasteiger partial charge in [-0.2, -0.15) is 8.42 Å². The van der Waals surface area contributed by atoms with Gasteiger partial charge in [0.25, 0.3) is 0 Å². The minimum atomic E-state index is -4.65. The first-order valence-corrected chi connectivity index (χ1v) is 8.01. The van der Waals surface area contributed by atoms with Crippen molar-refractivity contribution in [1.82, 2.24) is 14.9 Å². The summed E-state index contributed by atoms with van der Waals surface area (Å²) < 4.78 is 34.6. The molecule has 1 amide bonds. The fraction of sp³-hybridized carbons (Fsp3) is 0.385. The minimum Gasteiger partial charge on any atom is -0.346 e. The van der Waals surface area contributed by atoms with E-state index in [2.05, 4.69) is 9.97 Å². The van der Waals surface area contributed by atoms with Gasteiger partial charge in [-0.1, -0.05) is 0 Å². The van der Waals surface area contributed by atoms with E-state index < -0.39 is 15.5 Å². The Labute approximate surface area is 121 Å². The van der Waals surface area contributed by atoms with Gasteiger partial charge in [0.1, 0.15) is 10.9 Å². The molecule has 0 spiro atoms. The number of amides is 1. The predicted octanol–water partition coefficient (Wildman–Crippen LogP) is 1.01. The van der Waals surface area contributed by atoms with E-state index >= 15 is 0 Å². The average Bonchev–Trinajstić information content (AvgIpc) is 3.01. The Kier molecular flexibility index (Phi) is 3.40. The average molecular weight is 311 g/mol. The number of hydrogen-bond donors (Lipinski definition) is 1. The molecule has 1 unspecified atom stereocenters. The van der Waals surface area contributed by atoms with Gasteiger partial charge in [-0.3, -0.25) is 4.79 Å². The smallest absolute Gasteiger partial charge is 0.307 e. The van der Waals surface area contributed by atoms with Gasteiger partial charge in [0, 0.05) is 37.3 Å². The predicted molar refractivity (Wildman–Crippen MR) is 74.8 cm³/mol. The second-order valence-electron chi connectivity index (χ2n) is 5.15. The second-order valence-corrected chi connectivity index (χ2v) is 6.77. The van der Waals surface area contributed by atoms with E-state index in [4.69, 9.17) is 0 Å². The molecule has 1 aliphatic heterocycles. The van der Waals surface area contributed by atoms with Crippen LogP contribution in [0, 0.1) is 0 Å². The molecule has 21 heavy (non-hydrogen) atoms. The van der Waals surface area contributed by atoms with Crippen molar-refractivity contribution in [3.05, 3.63) is 30.1 Å². The number of aromatic nitrogens is 2. The van der Waals surface area contributed by atoms with Crippen LogP contribution in [0.5, 0.6) is 0 Å². The zero-order valence-electron chi connectivity index (χ0n) is 11.1. The summed E-state index contributed by atoms with van der Waals surface area (Å²) in [6, 6.07) is 3.86. The minimum absolute atomic E-state index is 0.0719. The Morgan fingerprint density at radius 2 is 2.29 bits per heavy atom. The van der Waals surface area contributed by atoms with Gasteiger partial charge in [-0.25, -0.2) is 4.98 Å². The SMILES string of the molecule is O=C1CC(S(=O)(=O)F)CN1CCc1cnc2[nH]ccc2c1. The highest BCUT2D eigenvalue weighted by Crippen LogP contribution is 2.20. The van der Waals surface area contributed by atoms with Crippen LogP contribution in [0.3, 0.4) is 0 Å². The summed E-state index contributed by atoms with van der Waals surface area (Å²) in [5, 5.41) is -0.250. The molecule has 2 aromatic rings. The van der Waals surface area contributed by atoms with Crippen molar-refractivity contribution >= 4 is 27.2 Å². The molecule has 1 atom stereocenters. The number of aromatic amines is 1. The largest absolute Gasteiger partial charge is 0.346 e. The van der Waals surface area contributed by atoms with Crippen LogP contribution < -0.4 is 0 Å². The molecule has 1 aliphatic rings. The normalized spacial score (nSPS) is 19.6. The number of carbonyl (C=O) groups excluding carboxylic acids is 1. The van der Waals surface area contributed by atoms with E-state index in [1.165, 1.54) is 4.90 Å². The lowest BCUT2D eigenvalue weighted by Gasteiger charge is -2.15. The lowest BCUT2D eigenvalue weighted by atomic mass is 10.2. The van der Waals surface area contributed by atoms with Crippen molar-refractivity contribution < 1.29 is 17.1 Å². The number of pyridine rings is 1. The number of carbonyl (C=O) groups is 1. The lowest BCUT2D eigenvalue weighted by Crippen LogP contribution is -2.29. The van der Waals surface area contributed by atoms with Crippen LogP contribution in [-0.2, 0) is 21.4 Å². The van der Waals surface area contributed by atoms with Crippen LogP contribution in [0.2, 0.25) is 0 Å². The molecule has 0 radical (unpaired) electrons.